The third kappa shape index (κ3) is 5.75. The number of esters is 1. The molecule has 0 amide bonds. The number of hydrogen-bond acceptors (Lipinski definition) is 7. The Hall–Kier alpha value is -2.09. The molecule has 0 saturated carbocycles. The molecule has 34 heavy (non-hydrogen) atoms. The third-order valence-corrected chi connectivity index (χ3v) is 7.16. The average Bonchev–Trinajstić information content (AvgIpc) is 2.75. The number of hydrogen-bond donors (Lipinski definition) is 3. The second kappa shape index (κ2) is 11.1. The molecule has 2 aliphatic rings. The number of phenols is 1. The number of allylic oxidation sites excluding steroid dienone is 2. The maximum atomic E-state index is 11.3. The van der Waals surface area contributed by atoms with Gasteiger partial charge in [-0.3, -0.25) is 4.79 Å². The van der Waals surface area contributed by atoms with Crippen molar-refractivity contribution in [3.8, 4) is 11.5 Å². The zero-order valence-electron chi connectivity index (χ0n) is 21.2. The number of aryl methyl sites for hydroxylation is 1. The summed E-state index contributed by atoms with van der Waals surface area (Å²) in [6, 6.07) is 2.09. The van der Waals surface area contributed by atoms with Crippen LogP contribution in [0.3, 0.4) is 0 Å². The Bertz CT molecular complexity index is 905. The van der Waals surface area contributed by atoms with Crippen molar-refractivity contribution in [3.05, 3.63) is 34.4 Å². The molecule has 1 fully saturated rings. The molecule has 0 bridgehead atoms. The number of fused-ring (bicyclic) bond motifs is 1. The molecule has 0 spiro atoms. The summed E-state index contributed by atoms with van der Waals surface area (Å²) < 4.78 is 16.5. The van der Waals surface area contributed by atoms with Gasteiger partial charge in [0.25, 0.3) is 0 Å². The molecular weight excluding hydrogens is 436 g/mol. The first-order valence-electron chi connectivity index (χ1n) is 12.3. The molecule has 0 aromatic heterocycles. The van der Waals surface area contributed by atoms with E-state index in [0.29, 0.717) is 11.8 Å². The number of aromatic hydroxyl groups is 1. The lowest BCUT2D eigenvalue weighted by Crippen LogP contribution is -2.56. The lowest BCUT2D eigenvalue weighted by molar-refractivity contribution is -0.248. The third-order valence-electron chi connectivity index (χ3n) is 7.16. The molecular formula is C27H40O7. The van der Waals surface area contributed by atoms with Crippen molar-refractivity contribution in [1.82, 2.24) is 0 Å². The molecule has 1 aromatic carbocycles. The number of ether oxygens (including phenoxy) is 3. The predicted octanol–water partition coefficient (Wildman–Crippen LogP) is 4.45. The Kier molecular flexibility index (Phi) is 8.66. The van der Waals surface area contributed by atoms with E-state index < -0.39 is 30.6 Å². The quantitative estimate of drug-likeness (QED) is 0.394. The van der Waals surface area contributed by atoms with Crippen LogP contribution in [0.5, 0.6) is 11.5 Å². The first kappa shape index (κ1) is 26.5. The minimum absolute atomic E-state index is 0.0797. The minimum atomic E-state index is -1.44. The highest BCUT2D eigenvalue weighted by Gasteiger charge is 2.42. The second-order valence-corrected chi connectivity index (χ2v) is 10.2. The summed E-state index contributed by atoms with van der Waals surface area (Å²) in [5.41, 5.74) is 4.15. The van der Waals surface area contributed by atoms with Crippen molar-refractivity contribution in [2.45, 2.75) is 104 Å². The lowest BCUT2D eigenvalue weighted by atomic mass is 9.70. The molecule has 3 N–H and O–H groups in total. The van der Waals surface area contributed by atoms with Gasteiger partial charge in [-0.15, -0.1) is 0 Å². The van der Waals surface area contributed by atoms with Crippen molar-refractivity contribution in [3.63, 3.8) is 0 Å². The normalized spacial score (nSPS) is 29.6. The fraction of sp³-hybridized carbons (Fsp3) is 0.667. The maximum absolute atomic E-state index is 11.3. The second-order valence-electron chi connectivity index (χ2n) is 10.2. The van der Waals surface area contributed by atoms with Crippen LogP contribution < -0.4 is 4.74 Å². The Balaban J connectivity index is 1.83. The molecule has 7 heteroatoms. The van der Waals surface area contributed by atoms with Crippen LogP contribution in [0.2, 0.25) is 0 Å². The van der Waals surface area contributed by atoms with E-state index in [0.717, 1.165) is 36.8 Å². The van der Waals surface area contributed by atoms with Gasteiger partial charge in [-0.1, -0.05) is 31.6 Å². The van der Waals surface area contributed by atoms with E-state index in [-0.39, 0.29) is 24.0 Å². The Morgan fingerprint density at radius 3 is 2.59 bits per heavy atom. The Morgan fingerprint density at radius 1 is 1.24 bits per heavy atom. The van der Waals surface area contributed by atoms with Crippen LogP contribution in [0.4, 0.5) is 0 Å². The molecule has 1 heterocycles. The summed E-state index contributed by atoms with van der Waals surface area (Å²) in [5.74, 6) is 0.778. The number of carbonyl (C=O) groups is 1. The van der Waals surface area contributed by atoms with Gasteiger partial charge in [-0.25, -0.2) is 0 Å². The summed E-state index contributed by atoms with van der Waals surface area (Å²) in [6.07, 6.45) is 1.51. The zero-order valence-corrected chi connectivity index (χ0v) is 21.2. The zero-order chi connectivity index (χ0) is 25.2. The number of rotatable bonds is 7. The highest BCUT2D eigenvalue weighted by atomic mass is 16.7. The van der Waals surface area contributed by atoms with Gasteiger partial charge in [0.1, 0.15) is 12.2 Å². The van der Waals surface area contributed by atoms with Gasteiger partial charge in [0.05, 0.1) is 6.61 Å². The average molecular weight is 477 g/mol. The molecule has 3 rings (SSSR count). The van der Waals surface area contributed by atoms with E-state index in [1.807, 2.05) is 6.92 Å². The summed E-state index contributed by atoms with van der Waals surface area (Å²) >= 11 is 0. The SMILES string of the molecule is CC(=O)O[C@H]1CO[C@H](Oc2c(C)cc3c(c2O)[C@@H](C)CC[C@@H]3[C@@H](C)CCC=C(C)C)[C@@H](O)[C@@H]1O. The smallest absolute Gasteiger partial charge is 0.303 e. The van der Waals surface area contributed by atoms with Crippen LogP contribution in [-0.4, -0.2) is 52.5 Å². The molecule has 1 aromatic rings. The van der Waals surface area contributed by atoms with Crippen LogP contribution >= 0.6 is 0 Å². The summed E-state index contributed by atoms with van der Waals surface area (Å²) in [5, 5.41) is 32.2. The summed E-state index contributed by atoms with van der Waals surface area (Å²) in [4.78, 5) is 11.2. The van der Waals surface area contributed by atoms with Gasteiger partial charge in [-0.2, -0.15) is 0 Å². The van der Waals surface area contributed by atoms with Crippen LogP contribution in [0.25, 0.3) is 0 Å². The van der Waals surface area contributed by atoms with Gasteiger partial charge in [0, 0.05) is 12.5 Å². The van der Waals surface area contributed by atoms with Crippen molar-refractivity contribution >= 4 is 5.97 Å². The van der Waals surface area contributed by atoms with E-state index in [1.54, 1.807) is 0 Å². The van der Waals surface area contributed by atoms with E-state index in [2.05, 4.69) is 39.8 Å². The van der Waals surface area contributed by atoms with Gasteiger partial charge in [-0.05, 0) is 75.3 Å². The molecule has 190 valence electrons. The number of aliphatic hydroxyl groups is 2. The number of phenolic OH excluding ortho intramolecular Hbond substituents is 1. The fourth-order valence-electron chi connectivity index (χ4n) is 5.26. The highest BCUT2D eigenvalue weighted by molar-refractivity contribution is 5.66. The predicted molar refractivity (Wildman–Crippen MR) is 129 cm³/mol. The molecule has 7 atom stereocenters. The van der Waals surface area contributed by atoms with Gasteiger partial charge in [0.15, 0.2) is 17.6 Å². The molecule has 1 aliphatic carbocycles. The number of carbonyl (C=O) groups excluding carboxylic acids is 1. The molecule has 1 saturated heterocycles. The van der Waals surface area contributed by atoms with Crippen molar-refractivity contribution in [2.75, 3.05) is 6.61 Å². The minimum Gasteiger partial charge on any atom is -0.504 e. The Labute approximate surface area is 202 Å². The highest BCUT2D eigenvalue weighted by Crippen LogP contribution is 2.51. The van der Waals surface area contributed by atoms with Crippen molar-refractivity contribution < 1.29 is 34.3 Å². The van der Waals surface area contributed by atoms with Crippen LogP contribution in [-0.2, 0) is 14.3 Å². The topological polar surface area (TPSA) is 105 Å². The van der Waals surface area contributed by atoms with Gasteiger partial charge >= 0.3 is 5.97 Å². The molecule has 0 radical (unpaired) electrons. The first-order chi connectivity index (χ1) is 16.0. The van der Waals surface area contributed by atoms with Crippen molar-refractivity contribution in [2.24, 2.45) is 5.92 Å². The lowest BCUT2D eigenvalue weighted by Gasteiger charge is -2.38. The molecule has 0 unspecified atom stereocenters. The Morgan fingerprint density at radius 2 is 1.94 bits per heavy atom. The fourth-order valence-corrected chi connectivity index (χ4v) is 5.26. The van der Waals surface area contributed by atoms with Crippen LogP contribution in [0, 0.1) is 12.8 Å². The summed E-state index contributed by atoms with van der Waals surface area (Å²) in [6.45, 7) is 11.6. The van der Waals surface area contributed by atoms with Crippen LogP contribution in [0.15, 0.2) is 17.7 Å². The largest absolute Gasteiger partial charge is 0.504 e. The van der Waals surface area contributed by atoms with E-state index in [9.17, 15) is 20.1 Å². The molecule has 1 aliphatic heterocycles. The van der Waals surface area contributed by atoms with Gasteiger partial charge in [0.2, 0.25) is 6.29 Å². The standard InChI is InChI=1S/C27H40O7/c1-14(2)8-7-9-15(3)19-11-10-16(4)22-20(19)12-17(5)26(24(22)30)34-27-25(31)23(29)21(13-32-27)33-18(6)28/h8,12,15-16,19,21,23,25,27,29-31H,7,9-11,13H2,1-6H3/t15-,16-,19+,21-,23+,25-,27+/m0/s1. The van der Waals surface area contributed by atoms with Gasteiger partial charge < -0.3 is 29.5 Å². The van der Waals surface area contributed by atoms with E-state index in [4.69, 9.17) is 14.2 Å². The van der Waals surface area contributed by atoms with E-state index >= 15 is 0 Å². The number of benzene rings is 1. The molecule has 7 nitrogen and oxygen atoms in total. The monoisotopic (exact) mass is 476 g/mol. The first-order valence-corrected chi connectivity index (χ1v) is 12.3. The van der Waals surface area contributed by atoms with Crippen LogP contribution in [0.1, 0.15) is 88.8 Å². The summed E-state index contributed by atoms with van der Waals surface area (Å²) in [7, 11) is 0. The number of aliphatic hydroxyl groups excluding tert-OH is 2. The van der Waals surface area contributed by atoms with Crippen molar-refractivity contribution in [1.29, 1.82) is 0 Å². The maximum Gasteiger partial charge on any atom is 0.303 e. The van der Waals surface area contributed by atoms with E-state index in [1.165, 1.54) is 18.1 Å².